The molecule has 0 amide bonds. The molecule has 2 rings (SSSR count). The summed E-state index contributed by atoms with van der Waals surface area (Å²) in [4.78, 5) is 0. The largest absolute Gasteiger partial charge is 0.308 e. The van der Waals surface area contributed by atoms with Gasteiger partial charge in [-0.3, -0.25) is 0 Å². The Hall–Kier alpha value is -0.0400. The lowest BCUT2D eigenvalue weighted by Gasteiger charge is -2.07. The fraction of sp³-hybridized carbons (Fsp3) is 1.00. The second-order valence-corrected chi connectivity index (χ2v) is 4.86. The van der Waals surface area contributed by atoms with Gasteiger partial charge in [-0.2, -0.15) is 0 Å². The number of nitrogens with one attached hydrogen (secondary N) is 1. The van der Waals surface area contributed by atoms with Crippen LogP contribution in [-0.2, 0) is 0 Å². The van der Waals surface area contributed by atoms with E-state index in [1.165, 1.54) is 6.54 Å². The quantitative estimate of drug-likeness (QED) is 0.548. The van der Waals surface area contributed by atoms with Gasteiger partial charge in [-0.15, -0.1) is 0 Å². The first-order chi connectivity index (χ1) is 4.48. The molecule has 1 saturated heterocycles. The van der Waals surface area contributed by atoms with Crippen LogP contribution in [0.25, 0.3) is 0 Å². The summed E-state index contributed by atoms with van der Waals surface area (Å²) in [5.74, 6) is 1.85. The summed E-state index contributed by atoms with van der Waals surface area (Å²) in [6, 6.07) is 0. The molecule has 2 fully saturated rings. The fourth-order valence-corrected chi connectivity index (χ4v) is 2.63. The Morgan fingerprint density at radius 1 is 1.30 bits per heavy atom. The second kappa shape index (κ2) is 1.42. The predicted octanol–water partition coefficient (Wildman–Crippen LogP) is 1.64. The van der Waals surface area contributed by atoms with E-state index in [9.17, 15) is 0 Å². The average molecular weight is 139 g/mol. The van der Waals surface area contributed by atoms with Crippen LogP contribution >= 0.6 is 0 Å². The fourth-order valence-electron chi connectivity index (χ4n) is 2.63. The molecule has 2 aliphatic rings. The molecule has 0 aromatic heterocycles. The van der Waals surface area contributed by atoms with Crippen LogP contribution in [0.4, 0.5) is 0 Å². The summed E-state index contributed by atoms with van der Waals surface area (Å²) in [6.07, 6.45) is 0. The molecule has 10 heavy (non-hydrogen) atoms. The van der Waals surface area contributed by atoms with Gasteiger partial charge in [0.25, 0.3) is 0 Å². The summed E-state index contributed by atoms with van der Waals surface area (Å²) in [7, 11) is 0. The molecule has 0 spiro atoms. The average Bonchev–Trinajstić information content (AvgIpc) is 2.57. The van der Waals surface area contributed by atoms with Gasteiger partial charge in [-0.25, -0.2) is 0 Å². The standard InChI is InChI=1S/C9H17N/c1-6-7(8(6,2)3)9(4)5-10-9/h6-7,10H,5H2,1-4H3. The van der Waals surface area contributed by atoms with Gasteiger partial charge < -0.3 is 5.32 Å². The Kier molecular flexibility index (Phi) is 0.949. The molecule has 0 aromatic carbocycles. The van der Waals surface area contributed by atoms with Crippen LogP contribution < -0.4 is 5.32 Å². The minimum Gasteiger partial charge on any atom is -0.308 e. The van der Waals surface area contributed by atoms with Crippen LogP contribution in [-0.4, -0.2) is 12.1 Å². The first-order valence-electron chi connectivity index (χ1n) is 4.23. The number of hydrogen-bond acceptors (Lipinski definition) is 1. The Morgan fingerprint density at radius 3 is 1.80 bits per heavy atom. The van der Waals surface area contributed by atoms with E-state index >= 15 is 0 Å². The van der Waals surface area contributed by atoms with E-state index in [0.717, 1.165) is 11.8 Å². The van der Waals surface area contributed by atoms with E-state index < -0.39 is 0 Å². The Balaban J connectivity index is 2.11. The van der Waals surface area contributed by atoms with E-state index in [2.05, 4.69) is 33.0 Å². The van der Waals surface area contributed by atoms with Crippen molar-refractivity contribution in [3.8, 4) is 0 Å². The molecular formula is C9H17N. The van der Waals surface area contributed by atoms with E-state index in [1.807, 2.05) is 0 Å². The van der Waals surface area contributed by atoms with Gasteiger partial charge in [-0.1, -0.05) is 20.8 Å². The van der Waals surface area contributed by atoms with Crippen LogP contribution in [0.2, 0.25) is 0 Å². The second-order valence-electron chi connectivity index (χ2n) is 4.86. The molecule has 3 unspecified atom stereocenters. The van der Waals surface area contributed by atoms with E-state index in [0.29, 0.717) is 11.0 Å². The normalized spacial score (nSPS) is 56.4. The molecule has 3 atom stereocenters. The zero-order valence-corrected chi connectivity index (χ0v) is 7.36. The molecule has 1 heterocycles. The summed E-state index contributed by atoms with van der Waals surface area (Å²) >= 11 is 0. The van der Waals surface area contributed by atoms with Crippen LogP contribution in [0.15, 0.2) is 0 Å². The Bertz CT molecular complexity index is 163. The molecule has 1 aliphatic heterocycles. The highest BCUT2D eigenvalue weighted by atomic mass is 15.2. The van der Waals surface area contributed by atoms with E-state index in [-0.39, 0.29) is 0 Å². The third-order valence-corrected chi connectivity index (χ3v) is 3.79. The third-order valence-electron chi connectivity index (χ3n) is 3.79. The van der Waals surface area contributed by atoms with Crippen LogP contribution in [0.1, 0.15) is 27.7 Å². The summed E-state index contributed by atoms with van der Waals surface area (Å²) < 4.78 is 0. The van der Waals surface area contributed by atoms with Crippen molar-refractivity contribution in [1.29, 1.82) is 0 Å². The first-order valence-corrected chi connectivity index (χ1v) is 4.23. The van der Waals surface area contributed by atoms with Gasteiger partial charge in [-0.05, 0) is 24.2 Å². The Labute approximate surface area is 63.2 Å². The van der Waals surface area contributed by atoms with Crippen molar-refractivity contribution in [1.82, 2.24) is 5.32 Å². The molecule has 1 nitrogen and oxygen atoms in total. The van der Waals surface area contributed by atoms with Crippen molar-refractivity contribution in [2.75, 3.05) is 6.54 Å². The molecule has 1 N–H and O–H groups in total. The maximum Gasteiger partial charge on any atom is 0.0315 e. The molecule has 58 valence electrons. The molecule has 1 saturated carbocycles. The highest BCUT2D eigenvalue weighted by Crippen LogP contribution is 2.64. The van der Waals surface area contributed by atoms with Crippen molar-refractivity contribution in [2.45, 2.75) is 33.2 Å². The molecule has 0 radical (unpaired) electrons. The van der Waals surface area contributed by atoms with E-state index in [4.69, 9.17) is 0 Å². The zero-order valence-electron chi connectivity index (χ0n) is 7.36. The zero-order chi connectivity index (χ0) is 7.57. The highest BCUT2D eigenvalue weighted by molar-refractivity contribution is 5.20. The minimum atomic E-state index is 0.517. The molecular weight excluding hydrogens is 122 g/mol. The molecule has 1 aliphatic carbocycles. The van der Waals surface area contributed by atoms with Gasteiger partial charge in [0, 0.05) is 12.1 Å². The van der Waals surface area contributed by atoms with Crippen LogP contribution in [0, 0.1) is 17.3 Å². The lowest BCUT2D eigenvalue weighted by Crippen LogP contribution is -2.16. The predicted molar refractivity (Wildman–Crippen MR) is 42.8 cm³/mol. The van der Waals surface area contributed by atoms with Gasteiger partial charge >= 0.3 is 0 Å². The van der Waals surface area contributed by atoms with Crippen LogP contribution in [0.3, 0.4) is 0 Å². The summed E-state index contributed by atoms with van der Waals surface area (Å²) in [6.45, 7) is 10.7. The number of rotatable bonds is 1. The maximum atomic E-state index is 3.46. The topological polar surface area (TPSA) is 21.9 Å². The van der Waals surface area contributed by atoms with Crippen molar-refractivity contribution in [3.05, 3.63) is 0 Å². The third kappa shape index (κ3) is 0.619. The number of hydrogen-bond donors (Lipinski definition) is 1. The SMILES string of the molecule is CC1C(C2(C)CN2)C1(C)C. The van der Waals surface area contributed by atoms with Gasteiger partial charge in [0.05, 0.1) is 0 Å². The van der Waals surface area contributed by atoms with Crippen molar-refractivity contribution in [2.24, 2.45) is 17.3 Å². The lowest BCUT2D eigenvalue weighted by atomic mass is 9.99. The van der Waals surface area contributed by atoms with Crippen molar-refractivity contribution < 1.29 is 0 Å². The molecule has 0 bridgehead atoms. The smallest absolute Gasteiger partial charge is 0.0315 e. The van der Waals surface area contributed by atoms with Gasteiger partial charge in [0.2, 0.25) is 0 Å². The highest BCUT2D eigenvalue weighted by Gasteiger charge is 2.66. The lowest BCUT2D eigenvalue weighted by molar-refractivity contribution is 0.475. The Morgan fingerprint density at radius 2 is 1.70 bits per heavy atom. The van der Waals surface area contributed by atoms with Crippen molar-refractivity contribution >= 4 is 0 Å². The van der Waals surface area contributed by atoms with Gasteiger partial charge in [0.1, 0.15) is 0 Å². The summed E-state index contributed by atoms with van der Waals surface area (Å²) in [5.41, 5.74) is 1.13. The molecule has 0 aromatic rings. The van der Waals surface area contributed by atoms with E-state index in [1.54, 1.807) is 0 Å². The van der Waals surface area contributed by atoms with Gasteiger partial charge in [0.15, 0.2) is 0 Å². The maximum absolute atomic E-state index is 3.46. The minimum absolute atomic E-state index is 0.517. The summed E-state index contributed by atoms with van der Waals surface area (Å²) in [5, 5.41) is 3.46. The molecule has 1 heteroatoms. The first kappa shape index (κ1) is 6.66. The van der Waals surface area contributed by atoms with Crippen molar-refractivity contribution in [3.63, 3.8) is 0 Å². The van der Waals surface area contributed by atoms with Crippen LogP contribution in [0.5, 0.6) is 0 Å². The monoisotopic (exact) mass is 139 g/mol.